The fourth-order valence-corrected chi connectivity index (χ4v) is 5.01. The Morgan fingerprint density at radius 2 is 1.62 bits per heavy atom. The van der Waals surface area contributed by atoms with E-state index in [2.05, 4.69) is 30.5 Å². The summed E-state index contributed by atoms with van der Waals surface area (Å²) >= 11 is 0. The summed E-state index contributed by atoms with van der Waals surface area (Å²) < 4.78 is 16.7. The van der Waals surface area contributed by atoms with Crippen LogP contribution < -0.4 is 16.0 Å². The first-order valence-electron chi connectivity index (χ1n) is 11.3. The Morgan fingerprint density at radius 1 is 0.971 bits per heavy atom. The topological polar surface area (TPSA) is 67.4 Å². The van der Waals surface area contributed by atoms with Crippen molar-refractivity contribution in [3.8, 4) is 17.0 Å². The van der Waals surface area contributed by atoms with Crippen molar-refractivity contribution in [1.82, 2.24) is 13.7 Å². The van der Waals surface area contributed by atoms with Crippen LogP contribution in [-0.2, 0) is 24.4 Å². The fourth-order valence-electron chi connectivity index (χ4n) is 5.01. The summed E-state index contributed by atoms with van der Waals surface area (Å²) in [6, 6.07) is 15.9. The Morgan fingerprint density at radius 3 is 2.24 bits per heavy atom. The van der Waals surface area contributed by atoms with Crippen LogP contribution in [0.25, 0.3) is 22.2 Å². The van der Waals surface area contributed by atoms with Crippen LogP contribution in [0.2, 0.25) is 0 Å². The van der Waals surface area contributed by atoms with Gasteiger partial charge in [-0.25, -0.2) is 4.79 Å². The van der Waals surface area contributed by atoms with Crippen molar-refractivity contribution >= 4 is 10.9 Å². The highest BCUT2D eigenvalue weighted by molar-refractivity contribution is 5.97. The first kappa shape index (κ1) is 22.2. The van der Waals surface area contributed by atoms with Crippen molar-refractivity contribution in [2.45, 2.75) is 32.4 Å². The molecule has 0 N–H and O–H groups in total. The molecule has 4 aromatic rings. The standard InChI is InChI=1S/C27H29N3O4/c1-16-7-9-18(10-8-16)24-23-22-20(25(31)29(5)26(32)28(22)4)21(30(23)27(2,3)15-34-24)17-11-13-19(33-6)14-12-17/h7-14,24H,15H2,1-6H3. The Bertz CT molecular complexity index is 1520. The van der Waals surface area contributed by atoms with Crippen molar-refractivity contribution in [3.05, 3.63) is 86.2 Å². The van der Waals surface area contributed by atoms with Gasteiger partial charge in [-0.2, -0.15) is 0 Å². The molecular formula is C27H29N3O4. The first-order chi connectivity index (χ1) is 16.2. The van der Waals surface area contributed by atoms with E-state index in [1.165, 1.54) is 11.6 Å². The number of hydrogen-bond acceptors (Lipinski definition) is 4. The molecule has 0 aliphatic carbocycles. The molecule has 1 aliphatic rings. The highest BCUT2D eigenvalue weighted by atomic mass is 16.5. The minimum Gasteiger partial charge on any atom is -0.497 e. The van der Waals surface area contributed by atoms with E-state index in [1.54, 1.807) is 18.7 Å². The average molecular weight is 460 g/mol. The number of fused-ring (bicyclic) bond motifs is 3. The number of hydrogen-bond donors (Lipinski definition) is 0. The van der Waals surface area contributed by atoms with Gasteiger partial charge in [0.1, 0.15) is 11.9 Å². The summed E-state index contributed by atoms with van der Waals surface area (Å²) in [4.78, 5) is 26.6. The smallest absolute Gasteiger partial charge is 0.331 e. The number of methoxy groups -OCH3 is 1. The molecule has 5 rings (SSSR count). The fraction of sp³-hybridized carbons (Fsp3) is 0.333. The summed E-state index contributed by atoms with van der Waals surface area (Å²) in [6.07, 6.45) is -0.416. The van der Waals surface area contributed by atoms with Gasteiger partial charge in [0.05, 0.1) is 41.5 Å². The van der Waals surface area contributed by atoms with Gasteiger partial charge in [-0.05, 0) is 56.2 Å². The van der Waals surface area contributed by atoms with E-state index in [9.17, 15) is 9.59 Å². The van der Waals surface area contributed by atoms with Gasteiger partial charge in [0.2, 0.25) is 0 Å². The van der Waals surface area contributed by atoms with Crippen LogP contribution in [0.3, 0.4) is 0 Å². The molecule has 3 heterocycles. The van der Waals surface area contributed by atoms with Crippen LogP contribution in [0.15, 0.2) is 58.1 Å². The lowest BCUT2D eigenvalue weighted by Gasteiger charge is -2.39. The number of rotatable bonds is 3. The van der Waals surface area contributed by atoms with E-state index in [4.69, 9.17) is 9.47 Å². The molecule has 0 saturated carbocycles. The summed E-state index contributed by atoms with van der Waals surface area (Å²) in [5.41, 5.74) is 4.10. The summed E-state index contributed by atoms with van der Waals surface area (Å²) in [5.74, 6) is 0.735. The molecule has 0 amide bonds. The van der Waals surface area contributed by atoms with Gasteiger partial charge in [0.25, 0.3) is 5.56 Å². The maximum Gasteiger partial charge on any atom is 0.331 e. The van der Waals surface area contributed by atoms with Crippen LogP contribution in [0.4, 0.5) is 0 Å². The molecule has 2 aromatic heterocycles. The Balaban J connectivity index is 1.97. The van der Waals surface area contributed by atoms with Gasteiger partial charge < -0.3 is 14.0 Å². The molecule has 7 heteroatoms. The summed E-state index contributed by atoms with van der Waals surface area (Å²) in [6.45, 7) is 6.69. The zero-order valence-electron chi connectivity index (χ0n) is 20.4. The molecule has 176 valence electrons. The first-order valence-corrected chi connectivity index (χ1v) is 11.3. The second kappa shape index (κ2) is 7.74. The zero-order valence-corrected chi connectivity index (χ0v) is 20.4. The van der Waals surface area contributed by atoms with E-state index in [-0.39, 0.29) is 11.2 Å². The van der Waals surface area contributed by atoms with Gasteiger partial charge in [-0.15, -0.1) is 0 Å². The SMILES string of the molecule is COc1ccc(-c2c3c(=O)n(C)c(=O)n(C)c3c3n2C(C)(C)COC3c2ccc(C)cc2)cc1. The van der Waals surface area contributed by atoms with Crippen molar-refractivity contribution in [2.75, 3.05) is 13.7 Å². The normalized spacial score (nSPS) is 17.1. The maximum absolute atomic E-state index is 13.6. The van der Waals surface area contributed by atoms with Crippen LogP contribution in [0, 0.1) is 6.92 Å². The van der Waals surface area contributed by atoms with Gasteiger partial charge in [-0.3, -0.25) is 13.9 Å². The van der Waals surface area contributed by atoms with Crippen molar-refractivity contribution in [2.24, 2.45) is 14.1 Å². The Labute approximate surface area is 197 Å². The van der Waals surface area contributed by atoms with Crippen molar-refractivity contribution in [1.29, 1.82) is 0 Å². The summed E-state index contributed by atoms with van der Waals surface area (Å²) in [5, 5.41) is 0.514. The lowest BCUT2D eigenvalue weighted by Crippen LogP contribution is -2.40. The molecule has 0 saturated heterocycles. The number of nitrogens with zero attached hydrogens (tertiary/aromatic N) is 3. The third-order valence-corrected chi connectivity index (χ3v) is 6.81. The molecule has 2 aromatic carbocycles. The van der Waals surface area contributed by atoms with Crippen LogP contribution in [-0.4, -0.2) is 27.4 Å². The van der Waals surface area contributed by atoms with Crippen LogP contribution >= 0.6 is 0 Å². The van der Waals surface area contributed by atoms with E-state index < -0.39 is 11.6 Å². The Hall–Kier alpha value is -3.58. The molecular weight excluding hydrogens is 430 g/mol. The summed E-state index contributed by atoms with van der Waals surface area (Å²) in [7, 11) is 4.87. The minimum absolute atomic E-state index is 0.315. The molecule has 34 heavy (non-hydrogen) atoms. The number of aryl methyl sites for hydroxylation is 2. The molecule has 0 radical (unpaired) electrons. The minimum atomic E-state index is -0.453. The average Bonchev–Trinajstić information content (AvgIpc) is 3.20. The molecule has 7 nitrogen and oxygen atoms in total. The Kier molecular flexibility index (Phi) is 5.06. The lowest BCUT2D eigenvalue weighted by atomic mass is 9.97. The largest absolute Gasteiger partial charge is 0.497 e. The van der Waals surface area contributed by atoms with Crippen LogP contribution in [0.1, 0.15) is 36.8 Å². The van der Waals surface area contributed by atoms with Gasteiger partial charge in [0, 0.05) is 14.1 Å². The van der Waals surface area contributed by atoms with Crippen molar-refractivity contribution < 1.29 is 9.47 Å². The second-order valence-electron chi connectivity index (χ2n) is 9.64. The number of aromatic nitrogens is 3. The second-order valence-corrected chi connectivity index (χ2v) is 9.64. The van der Waals surface area contributed by atoms with Gasteiger partial charge >= 0.3 is 5.69 Å². The van der Waals surface area contributed by atoms with E-state index in [0.29, 0.717) is 17.5 Å². The maximum atomic E-state index is 13.6. The van der Waals surface area contributed by atoms with E-state index >= 15 is 0 Å². The molecule has 1 aliphatic heterocycles. The number of benzene rings is 2. The van der Waals surface area contributed by atoms with Crippen molar-refractivity contribution in [3.63, 3.8) is 0 Å². The molecule has 1 unspecified atom stereocenters. The zero-order chi connectivity index (χ0) is 24.4. The molecule has 0 bridgehead atoms. The predicted octanol–water partition coefficient (Wildman–Crippen LogP) is 3.88. The number of ether oxygens (including phenoxy) is 2. The third kappa shape index (κ3) is 3.15. The predicted molar refractivity (Wildman–Crippen MR) is 133 cm³/mol. The highest BCUT2D eigenvalue weighted by Gasteiger charge is 2.40. The monoisotopic (exact) mass is 459 g/mol. The van der Waals surface area contributed by atoms with Gasteiger partial charge in [0.15, 0.2) is 0 Å². The molecule has 0 spiro atoms. The quantitative estimate of drug-likeness (QED) is 0.466. The molecule has 1 atom stereocenters. The molecule has 0 fully saturated rings. The lowest BCUT2D eigenvalue weighted by molar-refractivity contribution is -0.00707. The van der Waals surface area contributed by atoms with E-state index in [1.807, 2.05) is 43.3 Å². The van der Waals surface area contributed by atoms with Crippen LogP contribution in [0.5, 0.6) is 5.75 Å². The van der Waals surface area contributed by atoms with E-state index in [0.717, 1.165) is 33.8 Å². The highest BCUT2D eigenvalue weighted by Crippen LogP contribution is 2.45. The third-order valence-electron chi connectivity index (χ3n) is 6.81. The van der Waals surface area contributed by atoms with Gasteiger partial charge in [-0.1, -0.05) is 29.8 Å².